The second-order valence-electron chi connectivity index (χ2n) is 26.2. The Hall–Kier alpha value is -7.33. The van der Waals surface area contributed by atoms with Crippen molar-refractivity contribution in [1.29, 1.82) is 0 Å². The minimum Gasteiger partial charge on any atom is -0.504 e. The molecule has 1 unspecified atom stereocenters. The van der Waals surface area contributed by atoms with Crippen LogP contribution in [0.25, 0.3) is 21.1 Å². The molecule has 2 aromatic carbocycles. The summed E-state index contributed by atoms with van der Waals surface area (Å²) in [6.45, 7) is 5.54. The van der Waals surface area contributed by atoms with Gasteiger partial charge in [-0.05, 0) is 93.5 Å². The number of aromatic nitrogens is 3. The van der Waals surface area contributed by atoms with Crippen molar-refractivity contribution in [2.24, 2.45) is 11.8 Å². The molecular weight excluding hydrogens is 1330 g/mol. The van der Waals surface area contributed by atoms with Gasteiger partial charge in [-0.3, -0.25) is 52.1 Å². The number of nitrogens with one attached hydrogen (secondary N) is 6. The summed E-state index contributed by atoms with van der Waals surface area (Å²) in [5.74, 6) is -8.77. The Labute approximate surface area is 576 Å². The van der Waals surface area contributed by atoms with Crippen molar-refractivity contribution in [3.63, 3.8) is 0 Å². The topological polar surface area (TPSA) is 495 Å². The maximum absolute atomic E-state index is 15.0. The van der Waals surface area contributed by atoms with E-state index in [1.54, 1.807) is 18.3 Å². The van der Waals surface area contributed by atoms with E-state index in [0.29, 0.717) is 21.6 Å². The summed E-state index contributed by atoms with van der Waals surface area (Å²) < 4.78 is 33.4. The molecule has 18 N–H and O–H groups in total. The Morgan fingerprint density at radius 2 is 1.39 bits per heavy atom. The minimum atomic E-state index is -4.74. The predicted molar refractivity (Wildman–Crippen MR) is 358 cm³/mol. The van der Waals surface area contributed by atoms with Crippen LogP contribution in [0, 0.1) is 11.8 Å². The number of carbonyl (C=O) groups is 7. The lowest BCUT2D eigenvalue weighted by Gasteiger charge is -2.42. The Balaban J connectivity index is 0.962. The molecule has 2 aromatic heterocycles. The number of benzene rings is 2. The molecule has 1 aliphatic carbocycles. The first kappa shape index (κ1) is 75.9. The molecule has 5 aliphatic rings. The normalized spacial score (nSPS) is 27.8. The lowest BCUT2D eigenvalue weighted by molar-refractivity contribution is -0.147. The van der Waals surface area contributed by atoms with Crippen LogP contribution in [0.1, 0.15) is 88.1 Å². The molecule has 4 saturated heterocycles. The van der Waals surface area contributed by atoms with Gasteiger partial charge in [0.05, 0.1) is 55.9 Å². The first-order valence-corrected chi connectivity index (χ1v) is 35.4. The number of amides is 7. The predicted octanol–water partition coefficient (Wildman–Crippen LogP) is -2.14. The number of nitrogens with zero attached hydrogens (tertiary/aromatic N) is 7. The van der Waals surface area contributed by atoms with Gasteiger partial charge in [0.2, 0.25) is 35.4 Å². The first-order chi connectivity index (χ1) is 47.1. The van der Waals surface area contributed by atoms with Gasteiger partial charge in [-0.1, -0.05) is 49.8 Å². The van der Waals surface area contributed by atoms with Gasteiger partial charge in [-0.2, -0.15) is 0 Å². The van der Waals surface area contributed by atoms with Crippen molar-refractivity contribution in [3.05, 3.63) is 71.9 Å². The van der Waals surface area contributed by atoms with Crippen LogP contribution in [-0.2, 0) is 35.2 Å². The number of piperazine rings is 1. The van der Waals surface area contributed by atoms with Gasteiger partial charge in [0.25, 0.3) is 17.1 Å². The first-order valence-electron chi connectivity index (χ1n) is 33.2. The van der Waals surface area contributed by atoms with Crippen molar-refractivity contribution in [2.75, 3.05) is 70.5 Å². The molecule has 5 fully saturated rings. The lowest BCUT2D eigenvalue weighted by Crippen LogP contribution is -2.64. The number of pyridine rings is 1. The number of anilines is 1. The van der Waals surface area contributed by atoms with Crippen molar-refractivity contribution in [2.45, 2.75) is 164 Å². The summed E-state index contributed by atoms with van der Waals surface area (Å²) in [5.41, 5.74) is 1.27. The number of rotatable bonds is 20. The molecule has 13 atom stereocenters. The monoisotopic (exact) mass is 1430 g/mol. The zero-order valence-corrected chi connectivity index (χ0v) is 56.7. The van der Waals surface area contributed by atoms with E-state index in [4.69, 9.17) is 4.98 Å². The summed E-state index contributed by atoms with van der Waals surface area (Å²) in [5, 5.41) is 124. The van der Waals surface area contributed by atoms with Gasteiger partial charge in [0, 0.05) is 99.9 Å². The third kappa shape index (κ3) is 19.2. The molecule has 0 radical (unpaired) electrons. The van der Waals surface area contributed by atoms with E-state index >= 15 is 0 Å². The molecule has 35 heteroatoms. The molecule has 6 heterocycles. The number of aliphatic hydroxyl groups is 8. The highest BCUT2D eigenvalue weighted by Gasteiger charge is 2.50. The van der Waals surface area contributed by atoms with Gasteiger partial charge in [0.1, 0.15) is 52.1 Å². The molecular formula is C64H91N13O20S2. The van der Waals surface area contributed by atoms with Crippen molar-refractivity contribution in [1.82, 2.24) is 61.8 Å². The van der Waals surface area contributed by atoms with Crippen LogP contribution >= 0.6 is 22.5 Å². The minimum absolute atomic E-state index is 0.00238. The van der Waals surface area contributed by atoms with Gasteiger partial charge in [0.15, 0.2) is 11.5 Å². The van der Waals surface area contributed by atoms with Crippen LogP contribution in [0.2, 0.25) is 0 Å². The number of phenols is 1. The van der Waals surface area contributed by atoms with E-state index in [9.17, 15) is 93.2 Å². The summed E-state index contributed by atoms with van der Waals surface area (Å²) in [7, 11) is 0. The average molecular weight is 1430 g/mol. The fraction of sp³-hybridized carbons (Fsp3) is 0.594. The van der Waals surface area contributed by atoms with E-state index in [0.717, 1.165) is 72.3 Å². The molecule has 1 saturated carbocycles. The fourth-order valence-corrected chi connectivity index (χ4v) is 14.5. The second-order valence-corrected chi connectivity index (χ2v) is 28.2. The van der Waals surface area contributed by atoms with Crippen LogP contribution < -0.4 is 41.0 Å². The lowest BCUT2D eigenvalue weighted by atomic mass is 9.84. The Kier molecular flexibility index (Phi) is 26.0. The highest BCUT2D eigenvalue weighted by Crippen LogP contribution is 2.41. The summed E-state index contributed by atoms with van der Waals surface area (Å²) in [6.07, 6.45) is -4.96. The van der Waals surface area contributed by atoms with Crippen LogP contribution in [0.3, 0.4) is 0 Å². The second kappa shape index (κ2) is 33.9. The summed E-state index contributed by atoms with van der Waals surface area (Å²) in [4.78, 5) is 114. The standard InChI is InChI=1S/C64H91N13O20S2/c1-4-35-5-13-41(14-6-35)74-19-21-75(22-20-74)50-16-12-39(27-66-50)62-73-72-61(98-62)38-10-8-37(9-11-38)56(87)68-44-25-42(81)28-67-60(91)54-55(86)33(2)29-77(54)64(93)53(47(84)17-18-65-40(31-78)32-79)71-59(90)52(48(85)23-36-7-15-46(83)49(24-36)97-99(94,95)96)70-58(89)45-26-43(82)30-76(45)63(92)51(34(3)80)69-57(44)88/h7-12,15-16,24,27,33-35,40-45,47-48,51-55,65,78-86,94-96H,4-6,13-14,17-23,25-26,28-32H2,1-3H3,(H,67,91)(H,68,87)(H,69,88)(H,70,89)(H,71,90)/t33-,34+,35?,41?,42+,43+,44?,45-,47+,48+,51-,52-,53-,54-,55-/m0/s1. The number of hydrogen-bond donors (Lipinski definition) is 18. The van der Waals surface area contributed by atoms with Gasteiger partial charge in [-0.25, -0.2) is 4.98 Å². The van der Waals surface area contributed by atoms with E-state index in [1.807, 2.05) is 12.1 Å². The fourth-order valence-electron chi connectivity index (χ4n) is 13.3. The number of β-amino-alcohol motifs (C(OH)–C–C–N with tert-alkyl or cyclic N) is 1. The number of hydrogen-bond acceptors (Lipinski definition) is 27. The zero-order chi connectivity index (χ0) is 71.6. The van der Waals surface area contributed by atoms with Crippen LogP contribution in [0.15, 0.2) is 60.8 Å². The highest BCUT2D eigenvalue weighted by molar-refractivity contribution is 8.15. The van der Waals surface area contributed by atoms with E-state index < -0.39 is 201 Å². The zero-order valence-electron chi connectivity index (χ0n) is 55.0. The van der Waals surface area contributed by atoms with Crippen LogP contribution in [0.4, 0.5) is 5.82 Å². The number of aromatic hydroxyl groups is 1. The molecule has 9 rings (SSSR count). The Bertz CT molecular complexity index is 3430. The number of carbonyl (C=O) groups excluding carboxylic acids is 7. The largest absolute Gasteiger partial charge is 0.504 e. The quantitative estimate of drug-likeness (QED) is 0.0449. The smallest absolute Gasteiger partial charge is 0.266 e. The summed E-state index contributed by atoms with van der Waals surface area (Å²) >= 11 is -3.45. The molecule has 544 valence electrons. The number of aliphatic hydroxyl groups excluding tert-OH is 8. The van der Waals surface area contributed by atoms with E-state index in [1.165, 1.54) is 68.6 Å². The summed E-state index contributed by atoms with van der Waals surface area (Å²) in [6, 6.07) is 1.15. The van der Waals surface area contributed by atoms with Crippen molar-refractivity contribution >= 4 is 69.7 Å². The maximum Gasteiger partial charge on any atom is 0.266 e. The molecule has 99 heavy (non-hydrogen) atoms. The van der Waals surface area contributed by atoms with Crippen LogP contribution in [-0.4, -0.2) is 281 Å². The van der Waals surface area contributed by atoms with Crippen LogP contribution in [0.5, 0.6) is 11.5 Å². The number of fused-ring (bicyclic) bond motifs is 2. The van der Waals surface area contributed by atoms with E-state index in [2.05, 4.69) is 63.0 Å². The number of phenolic OH excluding ortho intramolecular Hbond substituents is 1. The SMILES string of the molecule is CCC1CCC(N2CCN(c3ccc(-c4nnc(-c5ccc(C(=O)NC6C[C@@H](O)CNC(=O)[C@@H]7[C@@H](O)[C@@H](C)CN7C(=O)[C@H]([C@H](O)CCNC(CO)CO)NC(=O)[C@H]([C@H](O)Cc7ccc(O)c(OS(O)(O)O)c7)NC(=O)[C@@H]7C[C@@H](O)CN7C(=O)[C@H]([C@@H](C)O)NC6=O)cc5)s4)cn3)CC2)CC1. The van der Waals surface area contributed by atoms with Gasteiger partial charge >= 0.3 is 0 Å². The third-order valence-electron chi connectivity index (χ3n) is 19.1. The molecule has 0 spiro atoms. The van der Waals surface area contributed by atoms with E-state index in [-0.39, 0.29) is 24.2 Å². The third-order valence-corrected chi connectivity index (χ3v) is 20.5. The highest BCUT2D eigenvalue weighted by atomic mass is 32.3. The molecule has 33 nitrogen and oxygen atoms in total. The average Bonchev–Trinajstić information content (AvgIpc) is 1.62. The van der Waals surface area contributed by atoms with Crippen molar-refractivity contribution in [3.8, 4) is 32.6 Å². The Morgan fingerprint density at radius 1 is 0.747 bits per heavy atom. The molecule has 0 bridgehead atoms. The van der Waals surface area contributed by atoms with Gasteiger partial charge in [-0.15, -0.1) is 10.2 Å². The van der Waals surface area contributed by atoms with Gasteiger partial charge < -0.3 is 96.7 Å². The Morgan fingerprint density at radius 3 is 2.03 bits per heavy atom. The van der Waals surface area contributed by atoms with Crippen molar-refractivity contribution < 1.29 is 97.4 Å². The molecule has 4 aliphatic heterocycles. The molecule has 4 aromatic rings. The maximum atomic E-state index is 15.0. The molecule has 7 amide bonds.